The third-order valence-electron chi connectivity index (χ3n) is 2.56. The van der Waals surface area contributed by atoms with Crippen molar-refractivity contribution in [3.8, 4) is 0 Å². The van der Waals surface area contributed by atoms with Crippen molar-refractivity contribution in [1.29, 1.82) is 0 Å². The van der Waals surface area contributed by atoms with E-state index in [1.54, 1.807) is 0 Å². The second kappa shape index (κ2) is 5.94. The van der Waals surface area contributed by atoms with Gasteiger partial charge in [0.1, 0.15) is 0 Å². The number of halogens is 1. The lowest BCUT2D eigenvalue weighted by atomic mass is 10.6. The van der Waals surface area contributed by atoms with Crippen molar-refractivity contribution in [3.63, 3.8) is 0 Å². The maximum Gasteiger partial charge on any atom is 0.357 e. The first-order valence-corrected chi connectivity index (χ1v) is 5.21. The fourth-order valence-corrected chi connectivity index (χ4v) is 1.72. The normalized spacial score (nSPS) is 14.8. The Labute approximate surface area is 104 Å². The van der Waals surface area contributed by atoms with Crippen molar-refractivity contribution in [2.24, 2.45) is 0 Å². The van der Waals surface area contributed by atoms with E-state index in [4.69, 9.17) is 0 Å². The maximum atomic E-state index is 3.45. The Balaban J connectivity index is 0.00000225. The minimum absolute atomic E-state index is 0. The Morgan fingerprint density at radius 3 is 2.31 bits per heavy atom. The first-order valence-electron chi connectivity index (χ1n) is 5.21. The molecule has 1 rings (SSSR count). The van der Waals surface area contributed by atoms with Crippen LogP contribution < -0.4 is 5.32 Å². The molecule has 5 nitrogen and oxygen atoms in total. The number of likely N-dealkylation sites (N-methyl/N-ethyl adjacent to an activating group) is 2. The van der Waals surface area contributed by atoms with E-state index in [-0.39, 0.29) is 12.4 Å². The van der Waals surface area contributed by atoms with Gasteiger partial charge in [-0.1, -0.05) is 0 Å². The molecule has 1 heterocycles. The molecule has 0 fully saturated rings. The molecule has 0 atom stereocenters. The van der Waals surface area contributed by atoms with E-state index < -0.39 is 0 Å². The molecule has 0 unspecified atom stereocenters. The zero-order valence-electron chi connectivity index (χ0n) is 11.1. The van der Waals surface area contributed by atoms with Crippen molar-refractivity contribution >= 4 is 24.3 Å². The van der Waals surface area contributed by atoms with Gasteiger partial charge < -0.3 is 0 Å². The fourth-order valence-electron chi connectivity index (χ4n) is 1.72. The van der Waals surface area contributed by atoms with Crippen LogP contribution in [0.5, 0.6) is 0 Å². The summed E-state index contributed by atoms with van der Waals surface area (Å²) in [4.78, 5) is 4.31. The molecule has 0 saturated carbocycles. The summed E-state index contributed by atoms with van der Waals surface area (Å²) < 4.78 is 4.31. The van der Waals surface area contributed by atoms with Crippen LogP contribution in [0.3, 0.4) is 0 Å². The molecule has 0 bridgehead atoms. The van der Waals surface area contributed by atoms with E-state index in [0.717, 1.165) is 25.0 Å². The van der Waals surface area contributed by atoms with Gasteiger partial charge in [-0.15, -0.1) is 12.4 Å². The number of nitrogens with one attached hydrogen (secondary N) is 1. The SMILES string of the molecule is CN(C)C(NC1=[N+](C)CCN1C)=[N+](C)C.Cl. The highest BCUT2D eigenvalue weighted by Gasteiger charge is 2.27. The first-order chi connectivity index (χ1) is 6.93. The highest BCUT2D eigenvalue weighted by Crippen LogP contribution is 1.94. The molecule has 0 aromatic carbocycles. The lowest BCUT2D eigenvalue weighted by Crippen LogP contribution is -2.50. The van der Waals surface area contributed by atoms with Crippen LogP contribution in [0.15, 0.2) is 0 Å². The van der Waals surface area contributed by atoms with Gasteiger partial charge in [0.05, 0.1) is 55.4 Å². The van der Waals surface area contributed by atoms with Crippen molar-refractivity contribution in [1.82, 2.24) is 15.1 Å². The predicted molar refractivity (Wildman–Crippen MR) is 69.9 cm³/mol. The van der Waals surface area contributed by atoms with Crippen LogP contribution in [-0.4, -0.2) is 86.2 Å². The molecule has 6 heteroatoms. The molecule has 0 saturated heterocycles. The molecule has 0 amide bonds. The summed E-state index contributed by atoms with van der Waals surface area (Å²) in [5, 5.41) is 3.45. The number of guanidine groups is 2. The van der Waals surface area contributed by atoms with Crippen LogP contribution in [0.2, 0.25) is 0 Å². The van der Waals surface area contributed by atoms with Gasteiger partial charge in [0.25, 0.3) is 0 Å². The highest BCUT2D eigenvalue weighted by molar-refractivity contribution is 5.94. The van der Waals surface area contributed by atoms with Gasteiger partial charge in [-0.25, -0.2) is 0 Å². The summed E-state index contributed by atoms with van der Waals surface area (Å²) in [7, 11) is 12.4. The molecule has 94 valence electrons. The third-order valence-corrected chi connectivity index (χ3v) is 2.56. The van der Waals surface area contributed by atoms with Crippen LogP contribution in [0.4, 0.5) is 0 Å². The Morgan fingerprint density at radius 2 is 2.00 bits per heavy atom. The van der Waals surface area contributed by atoms with E-state index in [9.17, 15) is 0 Å². The van der Waals surface area contributed by atoms with Gasteiger partial charge in [-0.2, -0.15) is 5.32 Å². The zero-order valence-corrected chi connectivity index (χ0v) is 11.9. The Morgan fingerprint density at radius 1 is 1.44 bits per heavy atom. The van der Waals surface area contributed by atoms with Gasteiger partial charge in [0.2, 0.25) is 0 Å². The second-order valence-corrected chi connectivity index (χ2v) is 4.40. The molecule has 1 aliphatic rings. The number of hydrogen-bond acceptors (Lipinski definition) is 1. The quantitative estimate of drug-likeness (QED) is 0.343. The molecule has 0 aliphatic carbocycles. The summed E-state index contributed by atoms with van der Waals surface area (Å²) in [6.45, 7) is 2.15. The molecular formula is C10H24ClN5+2. The highest BCUT2D eigenvalue weighted by atomic mass is 35.5. The van der Waals surface area contributed by atoms with Gasteiger partial charge in [0, 0.05) is 0 Å². The Kier molecular flexibility index (Phi) is 5.58. The summed E-state index contributed by atoms with van der Waals surface area (Å²) in [5.74, 6) is 2.25. The predicted octanol–water partition coefficient (Wildman–Crippen LogP) is -0.869. The maximum absolute atomic E-state index is 3.45. The van der Waals surface area contributed by atoms with Crippen LogP contribution in [0, 0.1) is 0 Å². The van der Waals surface area contributed by atoms with E-state index in [0.29, 0.717) is 0 Å². The van der Waals surface area contributed by atoms with E-state index in [2.05, 4.69) is 38.4 Å². The lowest BCUT2D eigenvalue weighted by Gasteiger charge is -2.14. The minimum atomic E-state index is 0. The molecule has 16 heavy (non-hydrogen) atoms. The molecule has 0 spiro atoms. The van der Waals surface area contributed by atoms with Crippen molar-refractivity contribution in [3.05, 3.63) is 0 Å². The number of rotatable bonds is 0. The van der Waals surface area contributed by atoms with Gasteiger partial charge >= 0.3 is 11.9 Å². The van der Waals surface area contributed by atoms with Gasteiger partial charge in [-0.3, -0.25) is 19.0 Å². The molecule has 0 aromatic heterocycles. The summed E-state index contributed by atoms with van der Waals surface area (Å²) >= 11 is 0. The van der Waals surface area contributed by atoms with Crippen molar-refractivity contribution < 1.29 is 9.15 Å². The zero-order chi connectivity index (χ0) is 11.6. The van der Waals surface area contributed by atoms with Crippen molar-refractivity contribution in [2.75, 3.05) is 55.4 Å². The smallest absolute Gasteiger partial charge is 0.270 e. The summed E-state index contributed by atoms with van der Waals surface area (Å²) in [6.07, 6.45) is 0. The average Bonchev–Trinajstić information content (AvgIpc) is 2.42. The van der Waals surface area contributed by atoms with Crippen LogP contribution in [0.1, 0.15) is 0 Å². The average molecular weight is 250 g/mol. The van der Waals surface area contributed by atoms with Gasteiger partial charge in [-0.05, 0) is 0 Å². The van der Waals surface area contributed by atoms with Crippen LogP contribution in [-0.2, 0) is 0 Å². The van der Waals surface area contributed by atoms with Gasteiger partial charge in [0.15, 0.2) is 0 Å². The summed E-state index contributed by atoms with van der Waals surface area (Å²) in [6, 6.07) is 0. The molecule has 1 aliphatic heterocycles. The largest absolute Gasteiger partial charge is 0.357 e. The standard InChI is InChI=1S/C10H22N5.ClH/c1-12(2)9(13(3)4)11-10-14(5)7-8-15(10)6;/h7-8H2,1-6H3;1H/q+1;/p+1. The number of nitrogens with zero attached hydrogens (tertiary/aromatic N) is 4. The van der Waals surface area contributed by atoms with E-state index >= 15 is 0 Å². The van der Waals surface area contributed by atoms with Crippen molar-refractivity contribution in [2.45, 2.75) is 0 Å². The Hall–Kier alpha value is -0.970. The monoisotopic (exact) mass is 249 g/mol. The molecule has 0 aromatic rings. The van der Waals surface area contributed by atoms with E-state index in [1.807, 2.05) is 28.2 Å². The second-order valence-electron chi connectivity index (χ2n) is 4.40. The number of hydrogen-bond donors (Lipinski definition) is 1. The van der Waals surface area contributed by atoms with Crippen LogP contribution >= 0.6 is 12.4 Å². The Bertz CT molecular complexity index is 304. The minimum Gasteiger partial charge on any atom is -0.270 e. The third kappa shape index (κ3) is 3.27. The summed E-state index contributed by atoms with van der Waals surface area (Å²) in [5.41, 5.74) is 0. The first kappa shape index (κ1) is 15.0. The fraction of sp³-hybridized carbons (Fsp3) is 0.800. The van der Waals surface area contributed by atoms with E-state index in [1.165, 1.54) is 0 Å². The molecule has 0 radical (unpaired) electrons. The molecule has 1 N–H and O–H groups in total. The topological polar surface area (TPSA) is 24.5 Å². The lowest BCUT2D eigenvalue weighted by molar-refractivity contribution is -0.490. The molecular weight excluding hydrogens is 226 g/mol. The van der Waals surface area contributed by atoms with Crippen LogP contribution in [0.25, 0.3) is 0 Å².